The van der Waals surface area contributed by atoms with Gasteiger partial charge in [0.1, 0.15) is 0 Å². The van der Waals surface area contributed by atoms with Crippen LogP contribution in [0.15, 0.2) is 35.1 Å². The van der Waals surface area contributed by atoms with Gasteiger partial charge in [0.05, 0.1) is 0 Å². The fourth-order valence-corrected chi connectivity index (χ4v) is 2.67. The van der Waals surface area contributed by atoms with E-state index in [2.05, 4.69) is 43.1 Å². The van der Waals surface area contributed by atoms with Gasteiger partial charge in [-0.05, 0) is 43.4 Å². The third kappa shape index (κ3) is 4.04. The van der Waals surface area contributed by atoms with Crippen molar-refractivity contribution in [2.24, 2.45) is 11.7 Å². The molecule has 4 heteroatoms. The summed E-state index contributed by atoms with van der Waals surface area (Å²) in [6.45, 7) is 8.60. The first-order valence-electron chi connectivity index (χ1n) is 7.76. The standard InChI is InChI=1S/C18H25N3O/c1-12(2)9-15-5-7-16(8-6-15)17(19)11-21-14(4)10-13(3)20-18(21)22/h5-8,10,12,17H,9,11,19H2,1-4H3. The number of nitrogens with zero attached hydrogens (tertiary/aromatic N) is 2. The van der Waals surface area contributed by atoms with Gasteiger partial charge in [-0.3, -0.25) is 4.57 Å². The summed E-state index contributed by atoms with van der Waals surface area (Å²) in [4.78, 5) is 16.0. The molecule has 0 fully saturated rings. The molecule has 2 N–H and O–H groups in total. The topological polar surface area (TPSA) is 60.9 Å². The highest BCUT2D eigenvalue weighted by molar-refractivity contribution is 5.25. The molecular weight excluding hydrogens is 274 g/mol. The fraction of sp³-hybridized carbons (Fsp3) is 0.444. The summed E-state index contributed by atoms with van der Waals surface area (Å²) in [6, 6.07) is 10.1. The van der Waals surface area contributed by atoms with Crippen LogP contribution < -0.4 is 11.4 Å². The molecule has 0 aliphatic carbocycles. The van der Waals surface area contributed by atoms with Crippen molar-refractivity contribution in [2.75, 3.05) is 0 Å². The molecule has 0 saturated carbocycles. The molecule has 0 aliphatic rings. The number of aryl methyl sites for hydroxylation is 2. The zero-order chi connectivity index (χ0) is 16.3. The van der Waals surface area contributed by atoms with Crippen LogP contribution >= 0.6 is 0 Å². The maximum Gasteiger partial charge on any atom is 0.348 e. The summed E-state index contributed by atoms with van der Waals surface area (Å²) < 4.78 is 1.64. The van der Waals surface area contributed by atoms with Gasteiger partial charge in [-0.1, -0.05) is 38.1 Å². The van der Waals surface area contributed by atoms with E-state index in [0.717, 1.165) is 23.4 Å². The smallest absolute Gasteiger partial charge is 0.322 e. The molecule has 118 valence electrons. The van der Waals surface area contributed by atoms with Gasteiger partial charge in [0, 0.05) is 24.0 Å². The molecular formula is C18H25N3O. The Hall–Kier alpha value is -1.94. The average molecular weight is 299 g/mol. The van der Waals surface area contributed by atoms with E-state index < -0.39 is 0 Å². The molecule has 1 heterocycles. The highest BCUT2D eigenvalue weighted by atomic mass is 16.1. The van der Waals surface area contributed by atoms with Crippen molar-refractivity contribution < 1.29 is 0 Å². The molecule has 0 aliphatic heterocycles. The molecule has 0 bridgehead atoms. The van der Waals surface area contributed by atoms with Crippen molar-refractivity contribution in [2.45, 2.75) is 46.7 Å². The summed E-state index contributed by atoms with van der Waals surface area (Å²) in [5.41, 5.74) is 10.0. The maximum atomic E-state index is 12.0. The lowest BCUT2D eigenvalue weighted by Crippen LogP contribution is -2.30. The van der Waals surface area contributed by atoms with E-state index in [1.165, 1.54) is 5.56 Å². The summed E-state index contributed by atoms with van der Waals surface area (Å²) in [5, 5.41) is 0. The van der Waals surface area contributed by atoms with Crippen LogP contribution in [0.25, 0.3) is 0 Å². The van der Waals surface area contributed by atoms with Gasteiger partial charge >= 0.3 is 5.69 Å². The molecule has 2 aromatic rings. The first-order chi connectivity index (χ1) is 10.4. The highest BCUT2D eigenvalue weighted by Crippen LogP contribution is 2.16. The quantitative estimate of drug-likeness (QED) is 0.923. The number of nitrogens with two attached hydrogens (primary N) is 1. The predicted molar refractivity (Wildman–Crippen MR) is 89.9 cm³/mol. The molecule has 4 nitrogen and oxygen atoms in total. The zero-order valence-corrected chi connectivity index (χ0v) is 13.8. The van der Waals surface area contributed by atoms with Gasteiger partial charge in [-0.2, -0.15) is 4.98 Å². The van der Waals surface area contributed by atoms with Gasteiger partial charge in [0.2, 0.25) is 0 Å². The van der Waals surface area contributed by atoms with Crippen LogP contribution in [0.2, 0.25) is 0 Å². The normalized spacial score (nSPS) is 12.6. The minimum atomic E-state index is -0.232. The lowest BCUT2D eigenvalue weighted by molar-refractivity contribution is 0.538. The lowest BCUT2D eigenvalue weighted by Gasteiger charge is -2.16. The van der Waals surface area contributed by atoms with Gasteiger partial charge in [0.15, 0.2) is 0 Å². The van der Waals surface area contributed by atoms with E-state index >= 15 is 0 Å². The Balaban J connectivity index is 2.16. The van der Waals surface area contributed by atoms with Gasteiger partial charge in [-0.15, -0.1) is 0 Å². The zero-order valence-electron chi connectivity index (χ0n) is 13.8. The van der Waals surface area contributed by atoms with Gasteiger partial charge in [-0.25, -0.2) is 4.79 Å². The van der Waals surface area contributed by atoms with Crippen LogP contribution in [-0.2, 0) is 13.0 Å². The Morgan fingerprint density at radius 2 is 1.82 bits per heavy atom. The van der Waals surface area contributed by atoms with Crippen LogP contribution in [0, 0.1) is 19.8 Å². The summed E-state index contributed by atoms with van der Waals surface area (Å²) in [6.07, 6.45) is 1.07. The second kappa shape index (κ2) is 6.88. The first-order valence-corrected chi connectivity index (χ1v) is 7.76. The molecule has 0 saturated heterocycles. The van der Waals surface area contributed by atoms with Crippen molar-refractivity contribution in [3.63, 3.8) is 0 Å². The van der Waals surface area contributed by atoms with Gasteiger partial charge < -0.3 is 5.73 Å². The lowest BCUT2D eigenvalue weighted by atomic mass is 9.99. The van der Waals surface area contributed by atoms with Crippen molar-refractivity contribution in [3.05, 3.63) is 63.3 Å². The van der Waals surface area contributed by atoms with E-state index in [1.807, 2.05) is 19.9 Å². The van der Waals surface area contributed by atoms with Crippen LogP contribution in [0.5, 0.6) is 0 Å². The van der Waals surface area contributed by atoms with E-state index in [4.69, 9.17) is 5.73 Å². The molecule has 1 unspecified atom stereocenters. The second-order valence-electron chi connectivity index (χ2n) is 6.38. The molecule has 1 aromatic heterocycles. The minimum absolute atomic E-state index is 0.214. The Labute approximate surface area is 132 Å². The Morgan fingerprint density at radius 3 is 2.36 bits per heavy atom. The van der Waals surface area contributed by atoms with Crippen molar-refractivity contribution in [1.82, 2.24) is 9.55 Å². The third-order valence-electron chi connectivity index (χ3n) is 3.78. The van der Waals surface area contributed by atoms with E-state index in [0.29, 0.717) is 12.5 Å². The largest absolute Gasteiger partial charge is 0.348 e. The number of rotatable bonds is 5. The summed E-state index contributed by atoms with van der Waals surface area (Å²) in [7, 11) is 0. The SMILES string of the molecule is Cc1cc(C)n(CC(N)c2ccc(CC(C)C)cc2)c(=O)n1. The number of hydrogen-bond acceptors (Lipinski definition) is 3. The molecule has 22 heavy (non-hydrogen) atoms. The van der Waals surface area contributed by atoms with Crippen LogP contribution in [0.3, 0.4) is 0 Å². The summed E-state index contributed by atoms with van der Waals surface area (Å²) >= 11 is 0. The first kappa shape index (κ1) is 16.4. The van der Waals surface area contributed by atoms with E-state index in [1.54, 1.807) is 4.57 Å². The number of aromatic nitrogens is 2. The Bertz CT molecular complexity index is 686. The van der Waals surface area contributed by atoms with E-state index in [-0.39, 0.29) is 11.7 Å². The van der Waals surface area contributed by atoms with Crippen LogP contribution in [0.1, 0.15) is 42.4 Å². The number of hydrogen-bond donors (Lipinski definition) is 1. The van der Waals surface area contributed by atoms with Crippen molar-refractivity contribution >= 4 is 0 Å². The van der Waals surface area contributed by atoms with E-state index in [9.17, 15) is 4.79 Å². The van der Waals surface area contributed by atoms with Crippen LogP contribution in [0.4, 0.5) is 0 Å². The monoisotopic (exact) mass is 299 g/mol. The van der Waals surface area contributed by atoms with Crippen molar-refractivity contribution in [3.8, 4) is 0 Å². The molecule has 0 radical (unpaired) electrons. The number of benzene rings is 1. The fourth-order valence-electron chi connectivity index (χ4n) is 2.67. The Kier molecular flexibility index (Phi) is 5.14. The highest BCUT2D eigenvalue weighted by Gasteiger charge is 2.11. The minimum Gasteiger partial charge on any atom is -0.322 e. The van der Waals surface area contributed by atoms with Crippen LogP contribution in [-0.4, -0.2) is 9.55 Å². The molecule has 0 spiro atoms. The second-order valence-corrected chi connectivity index (χ2v) is 6.38. The van der Waals surface area contributed by atoms with Crippen molar-refractivity contribution in [1.29, 1.82) is 0 Å². The third-order valence-corrected chi connectivity index (χ3v) is 3.78. The molecule has 1 atom stereocenters. The summed E-state index contributed by atoms with van der Waals surface area (Å²) in [5.74, 6) is 0.638. The maximum absolute atomic E-state index is 12.0. The predicted octanol–water partition coefficient (Wildman–Crippen LogP) is 2.76. The Morgan fingerprint density at radius 1 is 1.18 bits per heavy atom. The average Bonchev–Trinajstić information content (AvgIpc) is 2.42. The molecule has 2 rings (SSSR count). The molecule has 1 aromatic carbocycles. The van der Waals surface area contributed by atoms with Gasteiger partial charge in [0.25, 0.3) is 0 Å². The molecule has 0 amide bonds.